The summed E-state index contributed by atoms with van der Waals surface area (Å²) in [5.41, 5.74) is 0. The lowest BCUT2D eigenvalue weighted by atomic mass is 10.3. The summed E-state index contributed by atoms with van der Waals surface area (Å²) in [6, 6.07) is 1.97. The molecule has 0 saturated carbocycles. The molecule has 1 saturated heterocycles. The number of anilines is 1. The smallest absolute Gasteiger partial charge is 0.281 e. The van der Waals surface area contributed by atoms with Crippen LogP contribution in [0.1, 0.15) is 26.3 Å². The van der Waals surface area contributed by atoms with E-state index >= 15 is 0 Å². The summed E-state index contributed by atoms with van der Waals surface area (Å²) in [7, 11) is 0. The topological polar surface area (TPSA) is 67.2 Å². The van der Waals surface area contributed by atoms with Gasteiger partial charge in [0.2, 0.25) is 5.91 Å². The summed E-state index contributed by atoms with van der Waals surface area (Å²) >= 11 is 1.31. The van der Waals surface area contributed by atoms with Crippen LogP contribution in [-0.4, -0.2) is 44.7 Å². The van der Waals surface area contributed by atoms with E-state index in [0.29, 0.717) is 18.8 Å². The van der Waals surface area contributed by atoms with Crippen molar-refractivity contribution in [3.05, 3.63) is 12.3 Å². The van der Waals surface area contributed by atoms with Crippen LogP contribution in [0.25, 0.3) is 0 Å². The molecule has 0 spiro atoms. The second kappa shape index (κ2) is 6.10. The van der Waals surface area contributed by atoms with Crippen molar-refractivity contribution in [3.63, 3.8) is 0 Å². The first-order chi connectivity index (χ1) is 9.08. The van der Waals surface area contributed by atoms with Gasteiger partial charge >= 0.3 is 0 Å². The fourth-order valence-corrected chi connectivity index (χ4v) is 2.75. The van der Waals surface area contributed by atoms with Gasteiger partial charge in [-0.3, -0.25) is 9.59 Å². The van der Waals surface area contributed by atoms with Crippen LogP contribution in [-0.2, 0) is 4.79 Å². The molecule has 1 aromatic heterocycles. The van der Waals surface area contributed by atoms with E-state index in [4.69, 9.17) is 0 Å². The van der Waals surface area contributed by atoms with Crippen LogP contribution in [0.2, 0.25) is 0 Å². The zero-order valence-corrected chi connectivity index (χ0v) is 11.9. The number of carbonyl (C=O) groups excluding carboxylic acids is 2. The van der Waals surface area contributed by atoms with Gasteiger partial charge in [0.05, 0.1) is 6.20 Å². The van der Waals surface area contributed by atoms with E-state index in [9.17, 15) is 9.59 Å². The highest BCUT2D eigenvalue weighted by atomic mass is 32.2. The van der Waals surface area contributed by atoms with E-state index in [-0.39, 0.29) is 17.2 Å². The molecular formula is C12H18N4O2S. The summed E-state index contributed by atoms with van der Waals surface area (Å²) in [4.78, 5) is 25.0. The normalized spacial score (nSPS) is 15.3. The van der Waals surface area contributed by atoms with E-state index in [1.807, 2.05) is 13.8 Å². The maximum atomic E-state index is 11.9. The van der Waals surface area contributed by atoms with Gasteiger partial charge in [0.25, 0.3) is 5.24 Å². The van der Waals surface area contributed by atoms with Crippen molar-refractivity contribution in [2.45, 2.75) is 26.3 Å². The van der Waals surface area contributed by atoms with Gasteiger partial charge in [0.1, 0.15) is 5.82 Å². The lowest BCUT2D eigenvalue weighted by Crippen LogP contribution is -2.28. The molecule has 0 aliphatic carbocycles. The SMILES string of the molecule is CC(C)n1nccc1NC(=O)CCN1CCSC1=O. The van der Waals surface area contributed by atoms with Crippen molar-refractivity contribution < 1.29 is 9.59 Å². The Labute approximate surface area is 116 Å². The predicted octanol–water partition coefficient (Wildman–Crippen LogP) is 1.96. The number of carbonyl (C=O) groups is 2. The molecule has 19 heavy (non-hydrogen) atoms. The molecule has 0 radical (unpaired) electrons. The monoisotopic (exact) mass is 282 g/mol. The average Bonchev–Trinajstić information content (AvgIpc) is 2.95. The van der Waals surface area contributed by atoms with Crippen LogP contribution >= 0.6 is 11.8 Å². The van der Waals surface area contributed by atoms with Gasteiger partial charge in [-0.1, -0.05) is 11.8 Å². The minimum Gasteiger partial charge on any atom is -0.332 e. The molecule has 0 unspecified atom stereocenters. The fraction of sp³-hybridized carbons (Fsp3) is 0.583. The molecule has 1 aliphatic rings. The Bertz CT molecular complexity index is 472. The quantitative estimate of drug-likeness (QED) is 0.896. The third kappa shape index (κ3) is 3.50. The highest BCUT2D eigenvalue weighted by molar-refractivity contribution is 8.13. The minimum absolute atomic E-state index is 0.0695. The number of nitrogens with one attached hydrogen (secondary N) is 1. The Kier molecular flexibility index (Phi) is 4.47. The molecule has 1 fully saturated rings. The molecule has 2 amide bonds. The second-order valence-corrected chi connectivity index (χ2v) is 5.70. The number of hydrogen-bond donors (Lipinski definition) is 1. The van der Waals surface area contributed by atoms with Crippen molar-refractivity contribution in [2.75, 3.05) is 24.2 Å². The largest absolute Gasteiger partial charge is 0.332 e. The number of nitrogens with zero attached hydrogens (tertiary/aromatic N) is 3. The zero-order valence-electron chi connectivity index (χ0n) is 11.1. The van der Waals surface area contributed by atoms with Crippen LogP contribution in [0.15, 0.2) is 12.3 Å². The van der Waals surface area contributed by atoms with Gasteiger partial charge in [0, 0.05) is 37.4 Å². The van der Waals surface area contributed by atoms with E-state index in [2.05, 4.69) is 10.4 Å². The number of rotatable bonds is 5. The fourth-order valence-electron chi connectivity index (χ4n) is 1.90. The van der Waals surface area contributed by atoms with E-state index in [1.165, 1.54) is 11.8 Å². The first kappa shape index (κ1) is 13.9. The van der Waals surface area contributed by atoms with Crippen LogP contribution in [0.3, 0.4) is 0 Å². The van der Waals surface area contributed by atoms with Crippen molar-refractivity contribution in [1.29, 1.82) is 0 Å². The molecule has 7 heteroatoms. The van der Waals surface area contributed by atoms with E-state index in [0.717, 1.165) is 12.3 Å². The Morgan fingerprint density at radius 2 is 2.37 bits per heavy atom. The van der Waals surface area contributed by atoms with Crippen LogP contribution < -0.4 is 5.32 Å². The van der Waals surface area contributed by atoms with Crippen LogP contribution in [0, 0.1) is 0 Å². The average molecular weight is 282 g/mol. The highest BCUT2D eigenvalue weighted by Gasteiger charge is 2.21. The third-order valence-corrected chi connectivity index (χ3v) is 3.77. The number of hydrogen-bond acceptors (Lipinski definition) is 4. The van der Waals surface area contributed by atoms with Crippen molar-refractivity contribution in [1.82, 2.24) is 14.7 Å². The Hall–Kier alpha value is -1.50. The summed E-state index contributed by atoms with van der Waals surface area (Å²) < 4.78 is 1.76. The van der Waals surface area contributed by atoms with Crippen molar-refractivity contribution in [3.8, 4) is 0 Å². The highest BCUT2D eigenvalue weighted by Crippen LogP contribution is 2.17. The molecule has 2 rings (SSSR count). The molecule has 2 heterocycles. The first-order valence-electron chi connectivity index (χ1n) is 6.33. The van der Waals surface area contributed by atoms with E-state index in [1.54, 1.807) is 21.8 Å². The second-order valence-electron chi connectivity index (χ2n) is 4.65. The maximum absolute atomic E-state index is 11.9. The first-order valence-corrected chi connectivity index (χ1v) is 7.31. The van der Waals surface area contributed by atoms with Crippen molar-refractivity contribution in [2.24, 2.45) is 0 Å². The summed E-state index contributed by atoms with van der Waals surface area (Å²) in [5.74, 6) is 1.43. The van der Waals surface area contributed by atoms with Gasteiger partial charge < -0.3 is 10.2 Å². The summed E-state index contributed by atoms with van der Waals surface area (Å²) in [6.07, 6.45) is 1.98. The molecule has 1 N–H and O–H groups in total. The summed E-state index contributed by atoms with van der Waals surface area (Å²) in [5, 5.41) is 7.05. The molecule has 1 aliphatic heterocycles. The van der Waals surface area contributed by atoms with Crippen LogP contribution in [0.5, 0.6) is 0 Å². The number of thioether (sulfide) groups is 1. The van der Waals surface area contributed by atoms with Gasteiger partial charge in [0.15, 0.2) is 0 Å². The Morgan fingerprint density at radius 1 is 1.58 bits per heavy atom. The lowest BCUT2D eigenvalue weighted by Gasteiger charge is -2.15. The number of aromatic nitrogens is 2. The molecular weight excluding hydrogens is 264 g/mol. The van der Waals surface area contributed by atoms with E-state index < -0.39 is 0 Å². The molecule has 1 aromatic rings. The molecule has 0 atom stereocenters. The lowest BCUT2D eigenvalue weighted by molar-refractivity contribution is -0.116. The van der Waals surface area contributed by atoms with Gasteiger partial charge in [-0.25, -0.2) is 4.68 Å². The third-order valence-electron chi connectivity index (χ3n) is 2.88. The summed E-state index contributed by atoms with van der Waals surface area (Å²) in [6.45, 7) is 5.22. The molecule has 104 valence electrons. The van der Waals surface area contributed by atoms with Gasteiger partial charge in [-0.05, 0) is 13.8 Å². The Morgan fingerprint density at radius 3 is 3.00 bits per heavy atom. The molecule has 0 aromatic carbocycles. The molecule has 0 bridgehead atoms. The zero-order chi connectivity index (χ0) is 13.8. The maximum Gasteiger partial charge on any atom is 0.281 e. The van der Waals surface area contributed by atoms with Crippen molar-refractivity contribution >= 4 is 28.7 Å². The number of amides is 2. The van der Waals surface area contributed by atoms with Gasteiger partial charge in [-0.15, -0.1) is 0 Å². The molecule has 6 nitrogen and oxygen atoms in total. The Balaban J connectivity index is 1.84. The standard InChI is InChI=1S/C12H18N4O2S/c1-9(2)16-10(3-5-13-16)14-11(17)4-6-15-7-8-19-12(15)18/h3,5,9H,4,6-8H2,1-2H3,(H,14,17). The van der Waals surface area contributed by atoms with Gasteiger partial charge in [-0.2, -0.15) is 5.10 Å². The minimum atomic E-state index is -0.0906. The predicted molar refractivity (Wildman–Crippen MR) is 75.3 cm³/mol. The van der Waals surface area contributed by atoms with Crippen LogP contribution in [0.4, 0.5) is 10.6 Å².